The predicted octanol–water partition coefficient (Wildman–Crippen LogP) is -1.97. The topological polar surface area (TPSA) is 40.5 Å². The van der Waals surface area contributed by atoms with E-state index in [-0.39, 0.29) is 25.2 Å². The van der Waals surface area contributed by atoms with Gasteiger partial charge in [-0.15, -0.1) is 0 Å². The number of rotatable bonds is 4. The van der Waals surface area contributed by atoms with Gasteiger partial charge in [-0.05, 0) is 50.6 Å². The van der Waals surface area contributed by atoms with Gasteiger partial charge in [0.25, 0.3) is 0 Å². The fourth-order valence-corrected chi connectivity index (χ4v) is 2.93. The first-order valence-corrected chi connectivity index (χ1v) is 5.70. The van der Waals surface area contributed by atoms with Gasteiger partial charge >= 0.3 is 5.97 Å². The molecule has 1 atom stereocenters. The van der Waals surface area contributed by atoms with E-state index < -0.39 is 5.97 Å². The molecule has 6 heteroatoms. The van der Waals surface area contributed by atoms with Crippen molar-refractivity contribution in [2.24, 2.45) is 11.8 Å². The van der Waals surface area contributed by atoms with Gasteiger partial charge in [-0.3, -0.25) is 4.79 Å². The lowest BCUT2D eigenvalue weighted by molar-refractivity contribution is -0.137. The molecule has 3 nitrogen and oxygen atoms in total. The monoisotopic (exact) mass is 239 g/mol. The molecular weight excluding hydrogens is 211 g/mol. The summed E-state index contributed by atoms with van der Waals surface area (Å²) in [6.07, 6.45) is 5.02. The molecule has 0 saturated carbocycles. The van der Waals surface area contributed by atoms with Gasteiger partial charge in [0.05, 0.1) is 25.2 Å². The number of hydrogen-bond acceptors (Lipinski definition) is 2. The fraction of sp³-hybridized carbons (Fsp3) is 0.909. The zero-order valence-electron chi connectivity index (χ0n) is 8.61. The molecule has 0 spiro atoms. The minimum Gasteiger partial charge on any atom is -0.481 e. The van der Waals surface area contributed by atoms with E-state index in [9.17, 15) is 4.79 Å². The lowest BCUT2D eigenvalue weighted by Gasteiger charge is -2.45. The standard InChI is InChI=1S/C11H19NO2.3BH3/c13-11(14)3-1-2-10-8-12-6-4-9(10)5-7-12;;;/h9-10H,1-8H2,(H,13,14);3*1H3/t10-;;;/m1.../s1. The SMILES string of the molecule is B.B.B.O=C(O)CCC[C@@H]1CN2CCC1CC2. The molecular formula is C11H28B3NO2. The summed E-state index contributed by atoms with van der Waals surface area (Å²) in [5, 5.41) is 8.56. The van der Waals surface area contributed by atoms with Crippen LogP contribution >= 0.6 is 0 Å². The van der Waals surface area contributed by atoms with Crippen molar-refractivity contribution < 1.29 is 9.90 Å². The molecule has 3 heterocycles. The van der Waals surface area contributed by atoms with Crippen LogP contribution in [0.2, 0.25) is 0 Å². The second-order valence-corrected chi connectivity index (χ2v) is 4.68. The van der Waals surface area contributed by atoms with E-state index >= 15 is 0 Å². The van der Waals surface area contributed by atoms with Crippen LogP contribution in [-0.2, 0) is 4.79 Å². The Morgan fingerprint density at radius 2 is 1.76 bits per heavy atom. The predicted molar refractivity (Wildman–Crippen MR) is 84.0 cm³/mol. The molecule has 0 unspecified atom stereocenters. The van der Waals surface area contributed by atoms with Crippen LogP contribution in [0.15, 0.2) is 0 Å². The third-order valence-corrected chi connectivity index (χ3v) is 3.76. The van der Waals surface area contributed by atoms with E-state index in [0.29, 0.717) is 6.42 Å². The molecule has 3 aliphatic rings. The number of fused-ring (bicyclic) bond motifs is 3. The van der Waals surface area contributed by atoms with Crippen LogP contribution in [0.3, 0.4) is 0 Å². The molecule has 0 aromatic rings. The molecule has 0 aliphatic carbocycles. The summed E-state index contributed by atoms with van der Waals surface area (Å²) in [4.78, 5) is 12.9. The van der Waals surface area contributed by atoms with Crippen LogP contribution in [0.25, 0.3) is 0 Å². The summed E-state index contributed by atoms with van der Waals surface area (Å²) in [5.41, 5.74) is 0. The number of piperidine rings is 3. The minimum atomic E-state index is -0.647. The Hall–Kier alpha value is -0.375. The summed E-state index contributed by atoms with van der Waals surface area (Å²) in [6.45, 7) is 3.78. The van der Waals surface area contributed by atoms with Gasteiger partial charge in [0.1, 0.15) is 0 Å². The van der Waals surface area contributed by atoms with E-state index in [1.54, 1.807) is 0 Å². The Bertz CT molecular complexity index is 221. The summed E-state index contributed by atoms with van der Waals surface area (Å²) in [6, 6.07) is 0. The Morgan fingerprint density at radius 1 is 1.18 bits per heavy atom. The van der Waals surface area contributed by atoms with Crippen molar-refractivity contribution in [1.82, 2.24) is 4.90 Å². The van der Waals surface area contributed by atoms with Crippen molar-refractivity contribution in [2.45, 2.75) is 32.1 Å². The van der Waals surface area contributed by atoms with Gasteiger partial charge in [0.15, 0.2) is 0 Å². The summed E-state index contributed by atoms with van der Waals surface area (Å²) < 4.78 is 0. The van der Waals surface area contributed by atoms with E-state index in [1.165, 1.54) is 32.5 Å². The maximum absolute atomic E-state index is 10.4. The van der Waals surface area contributed by atoms with E-state index in [2.05, 4.69) is 4.90 Å². The first-order valence-electron chi connectivity index (χ1n) is 5.70. The molecule has 2 bridgehead atoms. The molecule has 3 rings (SSSR count). The molecule has 17 heavy (non-hydrogen) atoms. The number of carboxylic acids is 1. The van der Waals surface area contributed by atoms with Crippen molar-refractivity contribution in [3.05, 3.63) is 0 Å². The molecule has 0 aromatic heterocycles. The van der Waals surface area contributed by atoms with Crippen molar-refractivity contribution in [2.75, 3.05) is 19.6 Å². The molecule has 3 aliphatic heterocycles. The number of hydrogen-bond donors (Lipinski definition) is 1. The average Bonchev–Trinajstić information content (AvgIpc) is 2.19. The van der Waals surface area contributed by atoms with Crippen LogP contribution in [0, 0.1) is 11.8 Å². The Kier molecular flexibility index (Phi) is 9.69. The van der Waals surface area contributed by atoms with Gasteiger partial charge in [0, 0.05) is 13.0 Å². The van der Waals surface area contributed by atoms with E-state index in [1.807, 2.05) is 0 Å². The quantitative estimate of drug-likeness (QED) is 0.578. The second kappa shape index (κ2) is 8.68. The summed E-state index contributed by atoms with van der Waals surface area (Å²) in [5.74, 6) is 1.04. The van der Waals surface area contributed by atoms with Gasteiger partial charge < -0.3 is 10.0 Å². The van der Waals surface area contributed by atoms with E-state index in [4.69, 9.17) is 5.11 Å². The minimum absolute atomic E-state index is 0. The van der Waals surface area contributed by atoms with Gasteiger partial charge in [-0.25, -0.2) is 0 Å². The summed E-state index contributed by atoms with van der Waals surface area (Å²) in [7, 11) is 0. The third-order valence-electron chi connectivity index (χ3n) is 3.76. The highest BCUT2D eigenvalue weighted by Gasteiger charge is 2.33. The highest BCUT2D eigenvalue weighted by atomic mass is 16.4. The Balaban J connectivity index is 0. The van der Waals surface area contributed by atoms with Crippen LogP contribution in [0.1, 0.15) is 32.1 Å². The first kappa shape index (κ1) is 19.0. The Morgan fingerprint density at radius 3 is 2.18 bits per heavy atom. The van der Waals surface area contributed by atoms with Crippen LogP contribution < -0.4 is 0 Å². The molecule has 98 valence electrons. The van der Waals surface area contributed by atoms with Crippen molar-refractivity contribution in [3.63, 3.8) is 0 Å². The maximum atomic E-state index is 10.4. The molecule has 0 aromatic carbocycles. The van der Waals surface area contributed by atoms with Gasteiger partial charge in [-0.2, -0.15) is 0 Å². The van der Waals surface area contributed by atoms with Crippen LogP contribution in [-0.4, -0.2) is 60.8 Å². The van der Waals surface area contributed by atoms with Crippen molar-refractivity contribution in [3.8, 4) is 0 Å². The average molecular weight is 239 g/mol. The van der Waals surface area contributed by atoms with Crippen LogP contribution in [0.5, 0.6) is 0 Å². The third kappa shape index (κ3) is 5.20. The largest absolute Gasteiger partial charge is 0.481 e. The van der Waals surface area contributed by atoms with Gasteiger partial charge in [0.2, 0.25) is 0 Å². The molecule has 3 fully saturated rings. The molecule has 0 amide bonds. The zero-order chi connectivity index (χ0) is 9.97. The lowest BCUT2D eigenvalue weighted by Crippen LogP contribution is -2.47. The lowest BCUT2D eigenvalue weighted by atomic mass is 9.77. The smallest absolute Gasteiger partial charge is 0.303 e. The zero-order valence-corrected chi connectivity index (χ0v) is 8.61. The highest BCUT2D eigenvalue weighted by molar-refractivity contribution is 5.76. The number of carbonyl (C=O) groups is 1. The summed E-state index contributed by atoms with van der Waals surface area (Å²) >= 11 is 0. The highest BCUT2D eigenvalue weighted by Crippen LogP contribution is 2.34. The van der Waals surface area contributed by atoms with Crippen molar-refractivity contribution >= 4 is 31.2 Å². The number of nitrogens with zero attached hydrogens (tertiary/aromatic N) is 1. The van der Waals surface area contributed by atoms with E-state index in [0.717, 1.165) is 24.7 Å². The van der Waals surface area contributed by atoms with Crippen LogP contribution in [0.4, 0.5) is 0 Å². The first-order chi connectivity index (χ1) is 6.75. The van der Waals surface area contributed by atoms with Crippen molar-refractivity contribution in [1.29, 1.82) is 0 Å². The normalized spacial score (nSPS) is 29.5. The van der Waals surface area contributed by atoms with Gasteiger partial charge in [-0.1, -0.05) is 0 Å². The molecule has 1 N–H and O–H groups in total. The number of carboxylic acid groups (broad SMARTS) is 1. The molecule has 3 saturated heterocycles. The fourth-order valence-electron chi connectivity index (χ4n) is 2.93. The second-order valence-electron chi connectivity index (χ2n) is 4.68. The Labute approximate surface area is 110 Å². The maximum Gasteiger partial charge on any atom is 0.303 e. The molecule has 0 radical (unpaired) electrons. The number of aliphatic carboxylic acids is 1.